The fourth-order valence-corrected chi connectivity index (χ4v) is 8.86. The molecule has 1 aliphatic carbocycles. The maximum atomic E-state index is 9.27. The molecule has 0 bridgehead atoms. The Morgan fingerprint density at radius 1 is 0.765 bits per heavy atom. The first-order valence-corrected chi connectivity index (χ1v) is 19.0. The van der Waals surface area contributed by atoms with E-state index in [9.17, 15) is 5.26 Å². The number of allylic oxidation sites excluding steroid dienone is 2. The number of hydrogen-bond donors (Lipinski definition) is 0. The van der Waals surface area contributed by atoms with Crippen LogP contribution >= 0.6 is 11.8 Å². The highest BCUT2D eigenvalue weighted by atomic mass is 32.2. The molecule has 2 atom stereocenters. The number of thioether (sulfide) groups is 1. The van der Waals surface area contributed by atoms with Gasteiger partial charge in [-0.15, -0.1) is 11.8 Å². The minimum Gasteiger partial charge on any atom is -0.460 e. The Morgan fingerprint density at radius 2 is 1.53 bits per heavy atom. The van der Waals surface area contributed by atoms with Gasteiger partial charge in [-0.2, -0.15) is 5.26 Å². The number of nitrogens with zero attached hydrogens (tertiary/aromatic N) is 3. The molecule has 0 N–H and O–H groups in total. The Hall–Kier alpha value is -5.44. The second-order valence-electron chi connectivity index (χ2n) is 12.9. The zero-order valence-electron chi connectivity index (χ0n) is 29.6. The Morgan fingerprint density at radius 3 is 2.25 bits per heavy atom. The summed E-state index contributed by atoms with van der Waals surface area (Å²) in [7, 11) is 0. The molecule has 252 valence electrons. The van der Waals surface area contributed by atoms with E-state index in [2.05, 4.69) is 156 Å². The van der Waals surface area contributed by atoms with Crippen LogP contribution in [0.25, 0.3) is 72.0 Å². The highest BCUT2D eigenvalue weighted by Crippen LogP contribution is 2.44. The molecule has 2 unspecified atom stereocenters. The lowest BCUT2D eigenvalue weighted by atomic mass is 9.97. The topological polar surface area (TPSA) is 46.8 Å². The van der Waals surface area contributed by atoms with E-state index in [-0.39, 0.29) is 5.92 Å². The van der Waals surface area contributed by atoms with Crippen molar-refractivity contribution in [2.75, 3.05) is 0 Å². The van der Waals surface area contributed by atoms with Gasteiger partial charge in [0.15, 0.2) is 0 Å². The largest absolute Gasteiger partial charge is 0.460 e. The average Bonchev–Trinajstić information content (AvgIpc) is 3.82. The molecular formula is C46H41N3OS. The second kappa shape index (κ2) is 13.7. The number of hydrogen-bond acceptors (Lipinski definition) is 3. The van der Waals surface area contributed by atoms with Crippen LogP contribution in [0.5, 0.6) is 0 Å². The highest BCUT2D eigenvalue weighted by Gasteiger charge is 2.23. The summed E-state index contributed by atoms with van der Waals surface area (Å²) in [4.78, 5) is 1.24. The van der Waals surface area contributed by atoms with E-state index in [4.69, 9.17) is 4.42 Å². The molecule has 0 radical (unpaired) electrons. The number of para-hydroxylation sites is 2. The second-order valence-corrected chi connectivity index (χ2v) is 14.2. The van der Waals surface area contributed by atoms with Crippen LogP contribution in [0.4, 0.5) is 0 Å². The molecule has 1 aliphatic rings. The minimum atomic E-state index is 0.0530. The van der Waals surface area contributed by atoms with Crippen LogP contribution in [0.15, 0.2) is 131 Å². The van der Waals surface area contributed by atoms with Crippen LogP contribution in [-0.4, -0.2) is 14.4 Å². The molecular weight excluding hydrogens is 643 g/mol. The molecule has 3 aromatic heterocycles. The lowest BCUT2D eigenvalue weighted by Crippen LogP contribution is -2.08. The van der Waals surface area contributed by atoms with Gasteiger partial charge in [-0.3, -0.25) is 0 Å². The Bertz CT molecular complexity index is 2650. The van der Waals surface area contributed by atoms with E-state index in [1.807, 2.05) is 25.6 Å². The molecule has 0 saturated heterocycles. The first-order chi connectivity index (χ1) is 25.2. The maximum absolute atomic E-state index is 9.27. The van der Waals surface area contributed by atoms with Crippen molar-refractivity contribution >= 4 is 72.4 Å². The maximum Gasteiger partial charge on any atom is 0.135 e. The fourth-order valence-electron chi connectivity index (χ4n) is 7.80. The number of furan rings is 1. The molecule has 51 heavy (non-hydrogen) atoms. The summed E-state index contributed by atoms with van der Waals surface area (Å²) < 4.78 is 11.3. The number of benzene rings is 5. The molecule has 8 aromatic rings. The predicted molar refractivity (Wildman–Crippen MR) is 217 cm³/mol. The van der Waals surface area contributed by atoms with Gasteiger partial charge in [-0.25, -0.2) is 0 Å². The summed E-state index contributed by atoms with van der Waals surface area (Å²) in [6.07, 6.45) is 11.4. The third kappa shape index (κ3) is 5.46. The van der Waals surface area contributed by atoms with Crippen molar-refractivity contribution in [1.82, 2.24) is 9.13 Å². The average molecular weight is 684 g/mol. The Kier molecular flexibility index (Phi) is 8.80. The molecule has 5 heteroatoms. The van der Waals surface area contributed by atoms with Gasteiger partial charge in [0.1, 0.15) is 11.3 Å². The normalized spacial score (nSPS) is 16.1. The molecule has 9 rings (SSSR count). The van der Waals surface area contributed by atoms with E-state index in [1.165, 1.54) is 54.1 Å². The summed E-state index contributed by atoms with van der Waals surface area (Å²) in [6.45, 7) is 8.22. The summed E-state index contributed by atoms with van der Waals surface area (Å²) in [5.74, 6) is 1.08. The van der Waals surface area contributed by atoms with Crippen molar-refractivity contribution in [1.29, 1.82) is 5.26 Å². The number of fused-ring (bicyclic) bond motifs is 8. The summed E-state index contributed by atoms with van der Waals surface area (Å²) in [5.41, 5.74) is 9.12. The Balaban J connectivity index is 0.00000184. The first kappa shape index (κ1) is 32.7. The number of rotatable bonds is 6. The van der Waals surface area contributed by atoms with Crippen molar-refractivity contribution in [3.05, 3.63) is 133 Å². The molecule has 0 spiro atoms. The zero-order valence-corrected chi connectivity index (χ0v) is 30.4. The number of aromatic nitrogens is 2. The standard InChI is InChI=1S/C44H35N3OS.C2H6/c1-3-10-33-37-25-40-36(26-42(37)48-41(33)4-2)34-23-24-39-43(44(34)47(40)29-11-6-5-7-12-29)35-13-8-9-14-38(35)46(39)30-17-21-32(22-18-30)49-31-19-15-28(27-45)16-20-31;1-2/h3,5-15,17-19,21-26,28,31H,4,16,20H2,1-2H3;1-2H3/b10-3-;. The quantitative estimate of drug-likeness (QED) is 0.164. The van der Waals surface area contributed by atoms with E-state index in [0.717, 1.165) is 47.4 Å². The minimum absolute atomic E-state index is 0.0530. The van der Waals surface area contributed by atoms with Crippen molar-refractivity contribution in [3.63, 3.8) is 0 Å². The highest BCUT2D eigenvalue weighted by molar-refractivity contribution is 8.00. The van der Waals surface area contributed by atoms with Gasteiger partial charge in [-0.05, 0) is 80.4 Å². The van der Waals surface area contributed by atoms with Crippen LogP contribution in [0.2, 0.25) is 0 Å². The van der Waals surface area contributed by atoms with Crippen LogP contribution in [0.1, 0.15) is 51.9 Å². The van der Waals surface area contributed by atoms with E-state index < -0.39 is 0 Å². The molecule has 4 nitrogen and oxygen atoms in total. The molecule has 0 aliphatic heterocycles. The van der Waals surface area contributed by atoms with Gasteiger partial charge in [0.2, 0.25) is 0 Å². The third-order valence-electron chi connectivity index (χ3n) is 10.0. The Labute approximate surface area is 303 Å². The van der Waals surface area contributed by atoms with Crippen LogP contribution < -0.4 is 0 Å². The van der Waals surface area contributed by atoms with Crippen LogP contribution in [0, 0.1) is 17.2 Å². The van der Waals surface area contributed by atoms with Gasteiger partial charge < -0.3 is 13.6 Å². The zero-order chi connectivity index (χ0) is 35.1. The van der Waals surface area contributed by atoms with E-state index >= 15 is 0 Å². The van der Waals surface area contributed by atoms with Crippen LogP contribution in [-0.2, 0) is 6.42 Å². The lowest BCUT2D eigenvalue weighted by molar-refractivity contribution is 0.556. The SMILES string of the molecule is C/C=C\c1c(CC)oc2cc3c4ccc5c(c6ccccc6n5-c5ccc(SC6C=CC(C#N)CC6)cc5)c4n(-c4ccccc4)c3cc12.CC. The van der Waals surface area contributed by atoms with Gasteiger partial charge in [-0.1, -0.05) is 87.5 Å². The fraction of sp³-hybridized carbons (Fsp3) is 0.196. The molecule has 3 heterocycles. The number of aryl methyl sites for hydroxylation is 1. The summed E-state index contributed by atoms with van der Waals surface area (Å²) in [5, 5.41) is 15.7. The van der Waals surface area contributed by atoms with Gasteiger partial charge in [0, 0.05) is 60.4 Å². The van der Waals surface area contributed by atoms with Gasteiger partial charge in [0.05, 0.1) is 34.1 Å². The molecule has 0 fully saturated rings. The molecule has 5 aromatic carbocycles. The summed E-state index contributed by atoms with van der Waals surface area (Å²) in [6, 6.07) is 40.1. The first-order valence-electron chi connectivity index (χ1n) is 18.2. The van der Waals surface area contributed by atoms with E-state index in [0.29, 0.717) is 5.25 Å². The van der Waals surface area contributed by atoms with Gasteiger partial charge in [0.25, 0.3) is 0 Å². The third-order valence-corrected chi connectivity index (χ3v) is 11.3. The van der Waals surface area contributed by atoms with Crippen molar-refractivity contribution in [3.8, 4) is 17.4 Å². The van der Waals surface area contributed by atoms with Crippen LogP contribution in [0.3, 0.4) is 0 Å². The lowest BCUT2D eigenvalue weighted by Gasteiger charge is -2.18. The smallest absolute Gasteiger partial charge is 0.135 e. The molecule has 0 saturated carbocycles. The van der Waals surface area contributed by atoms with Crippen molar-refractivity contribution < 1.29 is 4.42 Å². The monoisotopic (exact) mass is 683 g/mol. The summed E-state index contributed by atoms with van der Waals surface area (Å²) >= 11 is 1.88. The van der Waals surface area contributed by atoms with E-state index in [1.54, 1.807) is 0 Å². The molecule has 0 amide bonds. The number of nitriles is 1. The predicted octanol–water partition coefficient (Wildman–Crippen LogP) is 13.2. The van der Waals surface area contributed by atoms with Crippen molar-refractivity contribution in [2.45, 2.75) is 57.1 Å². The van der Waals surface area contributed by atoms with Gasteiger partial charge >= 0.3 is 0 Å². The van der Waals surface area contributed by atoms with Crippen molar-refractivity contribution in [2.24, 2.45) is 5.92 Å².